The first kappa shape index (κ1) is 16.3. The van der Waals surface area contributed by atoms with Gasteiger partial charge >= 0.3 is 0 Å². The number of thioether (sulfide) groups is 1. The second kappa shape index (κ2) is 7.84. The van der Waals surface area contributed by atoms with Crippen LogP contribution in [0, 0.1) is 0 Å². The van der Waals surface area contributed by atoms with Crippen molar-refractivity contribution in [1.82, 2.24) is 5.32 Å². The Morgan fingerprint density at radius 2 is 1.96 bits per heavy atom. The number of benzene rings is 2. The predicted molar refractivity (Wildman–Crippen MR) is 96.8 cm³/mol. The molecule has 0 spiro atoms. The van der Waals surface area contributed by atoms with Gasteiger partial charge in [-0.05, 0) is 36.1 Å². The summed E-state index contributed by atoms with van der Waals surface area (Å²) in [7, 11) is 0. The molecule has 4 heteroatoms. The molecule has 0 bridgehead atoms. The smallest absolute Gasteiger partial charge is 0.230 e. The summed E-state index contributed by atoms with van der Waals surface area (Å²) in [4.78, 5) is 12.1. The van der Waals surface area contributed by atoms with Crippen LogP contribution in [0.3, 0.4) is 0 Å². The van der Waals surface area contributed by atoms with Crippen molar-refractivity contribution in [2.75, 3.05) is 19.0 Å². The number of carbonyl (C=O) groups excluding carboxylic acids is 1. The minimum Gasteiger partial charge on any atom is -0.381 e. The SMILES string of the molecule is CC(SCC(=O)NC1CCOCC1)c1ccc2ccccc2c1. The van der Waals surface area contributed by atoms with E-state index in [9.17, 15) is 4.79 Å². The lowest BCUT2D eigenvalue weighted by molar-refractivity contribution is -0.119. The average Bonchev–Trinajstić information content (AvgIpc) is 2.60. The minimum absolute atomic E-state index is 0.134. The van der Waals surface area contributed by atoms with Gasteiger partial charge in [0.1, 0.15) is 0 Å². The van der Waals surface area contributed by atoms with Crippen LogP contribution in [0.2, 0.25) is 0 Å². The van der Waals surface area contributed by atoms with Gasteiger partial charge in [-0.25, -0.2) is 0 Å². The van der Waals surface area contributed by atoms with Crippen molar-refractivity contribution in [3.05, 3.63) is 48.0 Å². The van der Waals surface area contributed by atoms with Gasteiger partial charge in [-0.15, -0.1) is 11.8 Å². The Balaban J connectivity index is 1.53. The molecule has 122 valence electrons. The summed E-state index contributed by atoms with van der Waals surface area (Å²) < 4.78 is 5.32. The highest BCUT2D eigenvalue weighted by atomic mass is 32.2. The molecule has 1 fully saturated rings. The predicted octanol–water partition coefficient (Wildman–Crippen LogP) is 3.93. The molecule has 1 atom stereocenters. The fourth-order valence-corrected chi connectivity index (χ4v) is 3.69. The summed E-state index contributed by atoms with van der Waals surface area (Å²) in [5.41, 5.74) is 1.27. The summed E-state index contributed by atoms with van der Waals surface area (Å²) in [6.45, 7) is 3.67. The number of hydrogen-bond donors (Lipinski definition) is 1. The highest BCUT2D eigenvalue weighted by molar-refractivity contribution is 8.00. The molecule has 0 radical (unpaired) electrons. The minimum atomic E-state index is 0.134. The highest BCUT2D eigenvalue weighted by Crippen LogP contribution is 2.30. The normalized spacial score (nSPS) is 17.1. The van der Waals surface area contributed by atoms with Crippen LogP contribution in [0.5, 0.6) is 0 Å². The van der Waals surface area contributed by atoms with Crippen LogP contribution in [0.25, 0.3) is 10.8 Å². The number of fused-ring (bicyclic) bond motifs is 1. The first-order valence-corrected chi connectivity index (χ1v) is 9.24. The molecule has 0 aliphatic carbocycles. The zero-order chi connectivity index (χ0) is 16.1. The Labute approximate surface area is 141 Å². The molecular formula is C19H23NO2S. The van der Waals surface area contributed by atoms with E-state index in [1.165, 1.54) is 16.3 Å². The number of carbonyl (C=O) groups is 1. The summed E-state index contributed by atoms with van der Waals surface area (Å²) in [5.74, 6) is 0.639. The number of ether oxygens (including phenoxy) is 1. The Hall–Kier alpha value is -1.52. The van der Waals surface area contributed by atoms with E-state index in [1.54, 1.807) is 11.8 Å². The van der Waals surface area contributed by atoms with Crippen molar-refractivity contribution in [3.63, 3.8) is 0 Å². The lowest BCUT2D eigenvalue weighted by atomic mass is 10.1. The maximum absolute atomic E-state index is 12.1. The fourth-order valence-electron chi connectivity index (χ4n) is 2.87. The van der Waals surface area contributed by atoms with Crippen LogP contribution in [-0.4, -0.2) is 30.9 Å². The van der Waals surface area contributed by atoms with Gasteiger partial charge in [0, 0.05) is 24.5 Å². The molecule has 1 aliphatic heterocycles. The van der Waals surface area contributed by atoms with Gasteiger partial charge in [0.25, 0.3) is 0 Å². The highest BCUT2D eigenvalue weighted by Gasteiger charge is 2.17. The zero-order valence-corrected chi connectivity index (χ0v) is 14.3. The van der Waals surface area contributed by atoms with E-state index in [2.05, 4.69) is 54.7 Å². The standard InChI is InChI=1S/C19H23NO2S/c1-14(16-7-6-15-4-2-3-5-17(15)12-16)23-13-19(21)20-18-8-10-22-11-9-18/h2-7,12,14,18H,8-11,13H2,1H3,(H,20,21). The van der Waals surface area contributed by atoms with Gasteiger partial charge in [0.15, 0.2) is 0 Å². The Bertz CT molecular complexity index is 667. The Morgan fingerprint density at radius 3 is 2.74 bits per heavy atom. The van der Waals surface area contributed by atoms with Gasteiger partial charge in [0.05, 0.1) is 5.75 Å². The molecule has 2 aromatic carbocycles. The van der Waals surface area contributed by atoms with Gasteiger partial charge in [0.2, 0.25) is 5.91 Å². The van der Waals surface area contributed by atoms with Crippen molar-refractivity contribution in [3.8, 4) is 0 Å². The van der Waals surface area contributed by atoms with Crippen LogP contribution < -0.4 is 5.32 Å². The number of hydrogen-bond acceptors (Lipinski definition) is 3. The summed E-state index contributed by atoms with van der Waals surface area (Å²) in [6, 6.07) is 15.2. The molecule has 1 aliphatic rings. The molecule has 1 heterocycles. The first-order valence-electron chi connectivity index (χ1n) is 8.20. The third-order valence-electron chi connectivity index (χ3n) is 4.29. The zero-order valence-electron chi connectivity index (χ0n) is 13.5. The molecule has 1 saturated heterocycles. The number of nitrogens with one attached hydrogen (secondary N) is 1. The van der Waals surface area contributed by atoms with E-state index >= 15 is 0 Å². The third-order valence-corrected chi connectivity index (χ3v) is 5.49. The lowest BCUT2D eigenvalue weighted by Crippen LogP contribution is -2.39. The van der Waals surface area contributed by atoms with Crippen molar-refractivity contribution < 1.29 is 9.53 Å². The van der Waals surface area contributed by atoms with Gasteiger partial charge in [-0.1, -0.05) is 42.5 Å². The molecule has 1 N–H and O–H groups in total. The summed E-state index contributed by atoms with van der Waals surface area (Å²) in [6.07, 6.45) is 1.85. The van der Waals surface area contributed by atoms with Crippen LogP contribution in [0.1, 0.15) is 30.6 Å². The van der Waals surface area contributed by atoms with E-state index in [0.717, 1.165) is 26.1 Å². The Morgan fingerprint density at radius 1 is 1.22 bits per heavy atom. The summed E-state index contributed by atoms with van der Waals surface area (Å²) in [5, 5.41) is 5.93. The van der Waals surface area contributed by atoms with Crippen LogP contribution >= 0.6 is 11.8 Å². The van der Waals surface area contributed by atoms with E-state index in [4.69, 9.17) is 4.74 Å². The molecule has 3 nitrogen and oxygen atoms in total. The number of amides is 1. The van der Waals surface area contributed by atoms with E-state index in [1.807, 2.05) is 0 Å². The molecule has 1 amide bonds. The molecule has 0 saturated carbocycles. The van der Waals surface area contributed by atoms with E-state index in [-0.39, 0.29) is 11.9 Å². The first-order chi connectivity index (χ1) is 11.2. The van der Waals surface area contributed by atoms with Crippen molar-refractivity contribution in [2.24, 2.45) is 0 Å². The van der Waals surface area contributed by atoms with Gasteiger partial charge in [-0.2, -0.15) is 0 Å². The van der Waals surface area contributed by atoms with Crippen LogP contribution in [0.15, 0.2) is 42.5 Å². The molecular weight excluding hydrogens is 306 g/mol. The van der Waals surface area contributed by atoms with Crippen LogP contribution in [0.4, 0.5) is 0 Å². The summed E-state index contributed by atoms with van der Waals surface area (Å²) >= 11 is 1.69. The second-order valence-electron chi connectivity index (χ2n) is 6.01. The maximum Gasteiger partial charge on any atom is 0.230 e. The number of rotatable bonds is 5. The molecule has 0 aromatic heterocycles. The van der Waals surface area contributed by atoms with E-state index < -0.39 is 0 Å². The second-order valence-corrected chi connectivity index (χ2v) is 7.34. The lowest BCUT2D eigenvalue weighted by Gasteiger charge is -2.23. The van der Waals surface area contributed by atoms with Crippen molar-refractivity contribution in [1.29, 1.82) is 0 Å². The van der Waals surface area contributed by atoms with Gasteiger partial charge < -0.3 is 10.1 Å². The largest absolute Gasteiger partial charge is 0.381 e. The average molecular weight is 329 g/mol. The Kier molecular flexibility index (Phi) is 5.57. The van der Waals surface area contributed by atoms with Crippen molar-refractivity contribution in [2.45, 2.75) is 31.1 Å². The van der Waals surface area contributed by atoms with Crippen molar-refractivity contribution >= 4 is 28.4 Å². The fraction of sp³-hybridized carbons (Fsp3) is 0.421. The molecule has 2 aromatic rings. The molecule has 1 unspecified atom stereocenters. The molecule has 23 heavy (non-hydrogen) atoms. The van der Waals surface area contributed by atoms with Gasteiger partial charge in [-0.3, -0.25) is 4.79 Å². The topological polar surface area (TPSA) is 38.3 Å². The maximum atomic E-state index is 12.1. The third kappa shape index (κ3) is 4.49. The van der Waals surface area contributed by atoms with E-state index in [0.29, 0.717) is 11.0 Å². The quantitative estimate of drug-likeness (QED) is 0.903. The van der Waals surface area contributed by atoms with Crippen LogP contribution in [-0.2, 0) is 9.53 Å². The monoisotopic (exact) mass is 329 g/mol. The molecule has 3 rings (SSSR count).